The first kappa shape index (κ1) is 17.0. The van der Waals surface area contributed by atoms with Crippen molar-refractivity contribution < 1.29 is 23.8 Å². The van der Waals surface area contributed by atoms with Crippen molar-refractivity contribution in [2.45, 2.75) is 26.1 Å². The fourth-order valence-electron chi connectivity index (χ4n) is 2.69. The van der Waals surface area contributed by atoms with E-state index in [0.717, 1.165) is 17.4 Å². The first-order chi connectivity index (χ1) is 12.1. The molecule has 0 spiro atoms. The van der Waals surface area contributed by atoms with Gasteiger partial charge in [0.2, 0.25) is 0 Å². The Morgan fingerprint density at radius 2 is 1.96 bits per heavy atom. The first-order valence-electron chi connectivity index (χ1n) is 8.12. The summed E-state index contributed by atoms with van der Waals surface area (Å²) in [5, 5.41) is 9.61. The molecule has 3 rings (SSSR count). The molecule has 0 saturated heterocycles. The van der Waals surface area contributed by atoms with E-state index in [1.54, 1.807) is 12.3 Å². The van der Waals surface area contributed by atoms with Gasteiger partial charge in [0.25, 0.3) is 0 Å². The molecule has 0 unspecified atom stereocenters. The Hall–Kier alpha value is -2.79. The van der Waals surface area contributed by atoms with E-state index in [4.69, 9.17) is 19.0 Å². The molecule has 0 aliphatic heterocycles. The lowest BCUT2D eigenvalue weighted by atomic mass is 10.1. The highest BCUT2D eigenvalue weighted by Gasteiger charge is 2.13. The molecule has 5 heteroatoms. The van der Waals surface area contributed by atoms with Crippen molar-refractivity contribution in [3.8, 4) is 5.75 Å². The van der Waals surface area contributed by atoms with Crippen LogP contribution in [-0.4, -0.2) is 23.8 Å². The molecule has 0 aliphatic carbocycles. The Morgan fingerprint density at radius 3 is 2.72 bits per heavy atom. The van der Waals surface area contributed by atoms with Crippen molar-refractivity contribution in [3.05, 3.63) is 65.9 Å². The normalized spacial score (nSPS) is 12.2. The zero-order chi connectivity index (χ0) is 17.6. The Bertz CT molecular complexity index is 838. The van der Waals surface area contributed by atoms with Crippen molar-refractivity contribution in [2.75, 3.05) is 6.61 Å². The van der Waals surface area contributed by atoms with Gasteiger partial charge in [-0.15, -0.1) is 0 Å². The zero-order valence-corrected chi connectivity index (χ0v) is 14.0. The maximum Gasteiger partial charge on any atom is 0.341 e. The number of hydrogen-bond donors (Lipinski definition) is 1. The van der Waals surface area contributed by atoms with Crippen molar-refractivity contribution in [1.29, 1.82) is 0 Å². The van der Waals surface area contributed by atoms with Crippen LogP contribution in [0.25, 0.3) is 11.0 Å². The molecule has 0 fully saturated rings. The lowest BCUT2D eigenvalue weighted by Crippen LogP contribution is -2.11. The minimum absolute atomic E-state index is 0.0683. The third-order valence-corrected chi connectivity index (χ3v) is 3.88. The number of rotatable bonds is 8. The minimum Gasteiger partial charge on any atom is -0.479 e. The van der Waals surface area contributed by atoms with E-state index >= 15 is 0 Å². The molecule has 2 aromatic carbocycles. The highest BCUT2D eigenvalue weighted by Crippen LogP contribution is 2.30. The monoisotopic (exact) mass is 340 g/mol. The predicted molar refractivity (Wildman–Crippen MR) is 93.7 cm³/mol. The molecule has 3 aromatic rings. The lowest BCUT2D eigenvalue weighted by Gasteiger charge is -2.12. The molecular formula is C20H20O5. The third-order valence-electron chi connectivity index (χ3n) is 3.88. The Kier molecular flexibility index (Phi) is 5.36. The third kappa shape index (κ3) is 4.39. The van der Waals surface area contributed by atoms with Crippen LogP contribution in [-0.2, 0) is 22.6 Å². The fourth-order valence-corrected chi connectivity index (χ4v) is 2.69. The smallest absolute Gasteiger partial charge is 0.341 e. The van der Waals surface area contributed by atoms with E-state index in [-0.39, 0.29) is 6.10 Å². The first-order valence-corrected chi connectivity index (χ1v) is 8.12. The fraction of sp³-hybridized carbons (Fsp3) is 0.250. The van der Waals surface area contributed by atoms with E-state index in [0.29, 0.717) is 17.9 Å². The summed E-state index contributed by atoms with van der Waals surface area (Å²) in [6, 6.07) is 15.6. The van der Waals surface area contributed by atoms with Gasteiger partial charge in [-0.2, -0.15) is 0 Å². The number of ether oxygens (including phenoxy) is 2. The van der Waals surface area contributed by atoms with Crippen LogP contribution in [0.2, 0.25) is 0 Å². The van der Waals surface area contributed by atoms with Crippen molar-refractivity contribution in [3.63, 3.8) is 0 Å². The van der Waals surface area contributed by atoms with Crippen molar-refractivity contribution in [2.24, 2.45) is 0 Å². The molecule has 0 bridgehead atoms. The van der Waals surface area contributed by atoms with E-state index in [9.17, 15) is 4.79 Å². The largest absolute Gasteiger partial charge is 0.479 e. The number of benzene rings is 2. The summed E-state index contributed by atoms with van der Waals surface area (Å²) in [6.45, 7) is 2.06. The maximum atomic E-state index is 10.7. The van der Waals surface area contributed by atoms with Gasteiger partial charge >= 0.3 is 5.97 Å². The second-order valence-electron chi connectivity index (χ2n) is 5.89. The van der Waals surface area contributed by atoms with Gasteiger partial charge in [0.15, 0.2) is 17.9 Å². The van der Waals surface area contributed by atoms with Crippen LogP contribution >= 0.6 is 0 Å². The highest BCUT2D eigenvalue weighted by atomic mass is 16.5. The number of furan rings is 1. The van der Waals surface area contributed by atoms with Gasteiger partial charge in [-0.1, -0.05) is 42.5 Å². The highest BCUT2D eigenvalue weighted by molar-refractivity contribution is 5.86. The molecule has 1 atom stereocenters. The van der Waals surface area contributed by atoms with Crippen LogP contribution < -0.4 is 4.74 Å². The summed E-state index contributed by atoms with van der Waals surface area (Å²) in [5.74, 6) is -0.606. The van der Waals surface area contributed by atoms with Crippen LogP contribution in [0.15, 0.2) is 59.2 Å². The molecule has 1 aromatic heterocycles. The topological polar surface area (TPSA) is 68.9 Å². The van der Waals surface area contributed by atoms with E-state index in [1.807, 2.05) is 37.3 Å². The van der Waals surface area contributed by atoms with Crippen LogP contribution in [0, 0.1) is 0 Å². The standard InChI is InChI=1S/C20H20O5/c1-14(10-15-6-3-2-4-7-15)23-11-16-12-25-20-17(16)8-5-9-18(20)24-13-19(21)22/h2-9,12,14H,10-11,13H2,1H3,(H,21,22)/t14-/m1/s1. The molecule has 130 valence electrons. The molecule has 0 radical (unpaired) electrons. The average molecular weight is 340 g/mol. The molecule has 1 N–H and O–H groups in total. The molecule has 25 heavy (non-hydrogen) atoms. The predicted octanol–water partition coefficient (Wildman–Crippen LogP) is 4.04. The Balaban J connectivity index is 1.65. The number of carbonyl (C=O) groups is 1. The summed E-state index contributed by atoms with van der Waals surface area (Å²) in [7, 11) is 0. The van der Waals surface area contributed by atoms with Crippen molar-refractivity contribution in [1.82, 2.24) is 0 Å². The summed E-state index contributed by atoms with van der Waals surface area (Å²) in [6.07, 6.45) is 2.54. The SMILES string of the molecule is C[C@H](Cc1ccccc1)OCc1coc2c(OCC(=O)O)cccc12. The number of aliphatic carboxylic acids is 1. The van der Waals surface area contributed by atoms with Crippen LogP contribution in [0.1, 0.15) is 18.1 Å². The van der Waals surface area contributed by atoms with Gasteiger partial charge in [0.05, 0.1) is 19.0 Å². The van der Waals surface area contributed by atoms with Gasteiger partial charge in [0, 0.05) is 10.9 Å². The molecule has 0 aliphatic rings. The van der Waals surface area contributed by atoms with Gasteiger partial charge in [-0.3, -0.25) is 0 Å². The maximum absolute atomic E-state index is 10.7. The number of carboxylic acid groups (broad SMARTS) is 1. The molecular weight excluding hydrogens is 320 g/mol. The summed E-state index contributed by atoms with van der Waals surface area (Å²) >= 11 is 0. The minimum atomic E-state index is -1.03. The molecule has 5 nitrogen and oxygen atoms in total. The second-order valence-corrected chi connectivity index (χ2v) is 5.89. The quantitative estimate of drug-likeness (QED) is 0.670. The van der Waals surface area contributed by atoms with Gasteiger partial charge < -0.3 is 19.0 Å². The number of hydrogen-bond acceptors (Lipinski definition) is 4. The van der Waals surface area contributed by atoms with E-state index in [2.05, 4.69) is 12.1 Å². The number of carboxylic acids is 1. The average Bonchev–Trinajstić information content (AvgIpc) is 3.03. The summed E-state index contributed by atoms with van der Waals surface area (Å²) < 4.78 is 16.8. The number of para-hydroxylation sites is 1. The van der Waals surface area contributed by atoms with Crippen LogP contribution in [0.3, 0.4) is 0 Å². The zero-order valence-electron chi connectivity index (χ0n) is 14.0. The Morgan fingerprint density at radius 1 is 1.16 bits per heavy atom. The van der Waals surface area contributed by atoms with E-state index < -0.39 is 12.6 Å². The lowest BCUT2D eigenvalue weighted by molar-refractivity contribution is -0.139. The molecule has 0 saturated carbocycles. The van der Waals surface area contributed by atoms with Gasteiger partial charge in [-0.05, 0) is 25.0 Å². The summed E-state index contributed by atoms with van der Waals surface area (Å²) in [4.78, 5) is 10.7. The van der Waals surface area contributed by atoms with Gasteiger partial charge in [-0.25, -0.2) is 4.79 Å². The van der Waals surface area contributed by atoms with Crippen LogP contribution in [0.5, 0.6) is 5.75 Å². The second kappa shape index (κ2) is 7.85. The molecule has 1 heterocycles. The van der Waals surface area contributed by atoms with Crippen molar-refractivity contribution >= 4 is 16.9 Å². The Labute approximate surface area is 145 Å². The van der Waals surface area contributed by atoms with E-state index in [1.165, 1.54) is 5.56 Å². The number of fused-ring (bicyclic) bond motifs is 1. The summed E-state index contributed by atoms with van der Waals surface area (Å²) in [5.41, 5.74) is 2.69. The molecule has 0 amide bonds. The van der Waals surface area contributed by atoms with Crippen LogP contribution in [0.4, 0.5) is 0 Å². The van der Waals surface area contributed by atoms with Gasteiger partial charge in [0.1, 0.15) is 0 Å².